The van der Waals surface area contributed by atoms with Crippen LogP contribution in [0.2, 0.25) is 0 Å². The number of alkyl halides is 2. The normalized spacial score (nSPS) is 12.8. The molecule has 0 radical (unpaired) electrons. The molecule has 1 atom stereocenters. The first-order chi connectivity index (χ1) is 13.5. The third-order valence-electron chi connectivity index (χ3n) is 4.55. The van der Waals surface area contributed by atoms with Crippen LogP contribution in [0.1, 0.15) is 35.9 Å². The predicted molar refractivity (Wildman–Crippen MR) is 106 cm³/mol. The molecule has 4 aromatic rings. The number of halogens is 2. The van der Waals surface area contributed by atoms with Crippen molar-refractivity contribution in [2.24, 2.45) is 0 Å². The van der Waals surface area contributed by atoms with E-state index in [4.69, 9.17) is 0 Å². The first-order valence-corrected chi connectivity index (χ1v) is 9.78. The number of benzene rings is 2. The van der Waals surface area contributed by atoms with Gasteiger partial charge in [-0.2, -0.15) is 8.78 Å². The zero-order valence-electron chi connectivity index (χ0n) is 15.5. The monoisotopic (exact) mass is 399 g/mol. The number of aryl methyl sites for hydroxylation is 1. The summed E-state index contributed by atoms with van der Waals surface area (Å²) in [7, 11) is 0. The standard InChI is InChI=1S/C20H19F2N5S/c1-13(18-23-16-10-6-7-11-17(16)27(18)19(21)22)28-20-25-24-14(2)26(20)12-15-8-4-3-5-9-15/h3-11,13,19H,12H2,1-2H3/t13-/m1/s1. The van der Waals surface area contributed by atoms with Crippen molar-refractivity contribution in [2.45, 2.75) is 37.3 Å². The molecule has 0 aliphatic rings. The van der Waals surface area contributed by atoms with E-state index in [0.29, 0.717) is 28.6 Å². The molecular formula is C20H19F2N5S. The summed E-state index contributed by atoms with van der Waals surface area (Å²) in [5, 5.41) is 8.80. The second kappa shape index (κ2) is 7.71. The van der Waals surface area contributed by atoms with Gasteiger partial charge in [0.1, 0.15) is 11.6 Å². The minimum absolute atomic E-state index is 0.320. The van der Waals surface area contributed by atoms with Gasteiger partial charge in [0.2, 0.25) is 0 Å². The third kappa shape index (κ3) is 3.52. The number of nitrogens with zero attached hydrogens (tertiary/aromatic N) is 5. The highest BCUT2D eigenvalue weighted by atomic mass is 32.2. The van der Waals surface area contributed by atoms with E-state index in [1.165, 1.54) is 11.8 Å². The molecule has 28 heavy (non-hydrogen) atoms. The lowest BCUT2D eigenvalue weighted by atomic mass is 10.2. The molecule has 144 valence electrons. The molecule has 0 aliphatic heterocycles. The lowest BCUT2D eigenvalue weighted by molar-refractivity contribution is 0.0715. The Labute approximate surface area is 165 Å². The number of hydrogen-bond acceptors (Lipinski definition) is 4. The molecule has 4 rings (SSSR count). The lowest BCUT2D eigenvalue weighted by Gasteiger charge is -2.14. The van der Waals surface area contributed by atoms with Crippen LogP contribution in [-0.4, -0.2) is 24.3 Å². The molecule has 0 unspecified atom stereocenters. The number of aromatic nitrogens is 5. The summed E-state index contributed by atoms with van der Waals surface area (Å²) in [6, 6.07) is 17.0. The molecule has 0 aliphatic carbocycles. The zero-order valence-corrected chi connectivity index (χ0v) is 16.3. The largest absolute Gasteiger partial charge is 0.320 e. The van der Waals surface area contributed by atoms with Crippen LogP contribution in [0.4, 0.5) is 8.78 Å². The average molecular weight is 399 g/mol. The van der Waals surface area contributed by atoms with Gasteiger partial charge in [-0.3, -0.25) is 4.57 Å². The average Bonchev–Trinajstić information content (AvgIpc) is 3.24. The third-order valence-corrected chi connectivity index (χ3v) is 5.63. The minimum atomic E-state index is -2.66. The van der Waals surface area contributed by atoms with Gasteiger partial charge in [-0.1, -0.05) is 54.2 Å². The summed E-state index contributed by atoms with van der Waals surface area (Å²) in [6.07, 6.45) is 0. The molecular weight excluding hydrogens is 380 g/mol. The van der Waals surface area contributed by atoms with Crippen molar-refractivity contribution in [2.75, 3.05) is 0 Å². The van der Waals surface area contributed by atoms with Gasteiger partial charge in [-0.15, -0.1) is 10.2 Å². The molecule has 0 bridgehead atoms. The van der Waals surface area contributed by atoms with Crippen molar-refractivity contribution in [1.29, 1.82) is 0 Å². The van der Waals surface area contributed by atoms with E-state index in [0.717, 1.165) is 16.0 Å². The maximum atomic E-state index is 13.7. The Morgan fingerprint density at radius 2 is 1.71 bits per heavy atom. The van der Waals surface area contributed by atoms with Crippen LogP contribution in [0.25, 0.3) is 11.0 Å². The zero-order chi connectivity index (χ0) is 19.7. The van der Waals surface area contributed by atoms with Crippen LogP contribution >= 0.6 is 11.8 Å². The van der Waals surface area contributed by atoms with E-state index < -0.39 is 6.55 Å². The Morgan fingerprint density at radius 3 is 2.46 bits per heavy atom. The van der Waals surface area contributed by atoms with Gasteiger partial charge >= 0.3 is 6.55 Å². The number of rotatable bonds is 6. The van der Waals surface area contributed by atoms with Crippen molar-refractivity contribution in [1.82, 2.24) is 24.3 Å². The van der Waals surface area contributed by atoms with Gasteiger partial charge in [0.25, 0.3) is 0 Å². The van der Waals surface area contributed by atoms with Crippen molar-refractivity contribution >= 4 is 22.8 Å². The van der Waals surface area contributed by atoms with Crippen LogP contribution < -0.4 is 0 Å². The molecule has 5 nitrogen and oxygen atoms in total. The van der Waals surface area contributed by atoms with Gasteiger partial charge < -0.3 is 4.57 Å². The van der Waals surface area contributed by atoms with Crippen molar-refractivity contribution in [3.05, 3.63) is 71.8 Å². The Kier molecular flexibility index (Phi) is 5.13. The summed E-state index contributed by atoms with van der Waals surface area (Å²) in [5.74, 6) is 1.11. The van der Waals surface area contributed by atoms with E-state index >= 15 is 0 Å². The molecule has 0 saturated carbocycles. The fourth-order valence-electron chi connectivity index (χ4n) is 3.16. The summed E-state index contributed by atoms with van der Waals surface area (Å²) in [6.45, 7) is 1.72. The maximum Gasteiger partial charge on any atom is 0.320 e. The van der Waals surface area contributed by atoms with Gasteiger partial charge in [-0.25, -0.2) is 4.98 Å². The number of thioether (sulfide) groups is 1. The number of para-hydroxylation sites is 2. The first-order valence-electron chi connectivity index (χ1n) is 8.90. The van der Waals surface area contributed by atoms with Gasteiger partial charge in [0.05, 0.1) is 22.8 Å². The molecule has 2 aromatic carbocycles. The molecule has 0 amide bonds. The van der Waals surface area contributed by atoms with Crippen LogP contribution in [0.15, 0.2) is 59.8 Å². The number of hydrogen-bond donors (Lipinski definition) is 0. The van der Waals surface area contributed by atoms with E-state index in [9.17, 15) is 8.78 Å². The molecule has 0 spiro atoms. The van der Waals surface area contributed by atoms with E-state index in [-0.39, 0.29) is 5.25 Å². The fourth-order valence-corrected chi connectivity index (χ4v) is 4.16. The number of fused-ring (bicyclic) bond motifs is 1. The molecule has 2 heterocycles. The summed E-state index contributed by atoms with van der Waals surface area (Å²) >= 11 is 1.38. The molecule has 2 aromatic heterocycles. The van der Waals surface area contributed by atoms with Crippen molar-refractivity contribution in [3.63, 3.8) is 0 Å². The molecule has 0 saturated heterocycles. The molecule has 0 fully saturated rings. The van der Waals surface area contributed by atoms with Crippen LogP contribution in [0.3, 0.4) is 0 Å². The Bertz CT molecular complexity index is 1090. The smallest absolute Gasteiger partial charge is 0.302 e. The van der Waals surface area contributed by atoms with Crippen LogP contribution in [-0.2, 0) is 6.54 Å². The second-order valence-electron chi connectivity index (χ2n) is 6.47. The summed E-state index contributed by atoms with van der Waals surface area (Å²) < 4.78 is 30.5. The Balaban J connectivity index is 1.66. The summed E-state index contributed by atoms with van der Waals surface area (Å²) in [4.78, 5) is 4.46. The van der Waals surface area contributed by atoms with Crippen molar-refractivity contribution in [3.8, 4) is 0 Å². The minimum Gasteiger partial charge on any atom is -0.302 e. The highest BCUT2D eigenvalue weighted by Crippen LogP contribution is 2.37. The van der Waals surface area contributed by atoms with Gasteiger partial charge in [0.15, 0.2) is 5.16 Å². The van der Waals surface area contributed by atoms with E-state index in [1.54, 1.807) is 24.3 Å². The SMILES string of the molecule is Cc1nnc(S[C@H](C)c2nc3ccccc3n2C(F)F)n1Cc1ccccc1. The lowest BCUT2D eigenvalue weighted by Crippen LogP contribution is -2.08. The van der Waals surface area contributed by atoms with E-state index in [1.807, 2.05) is 48.7 Å². The Morgan fingerprint density at radius 1 is 1.00 bits per heavy atom. The number of imidazole rings is 1. The predicted octanol–water partition coefficient (Wildman–Crippen LogP) is 5.23. The van der Waals surface area contributed by atoms with Gasteiger partial charge in [0, 0.05) is 0 Å². The first kappa shape index (κ1) is 18.6. The second-order valence-corrected chi connectivity index (χ2v) is 7.78. The van der Waals surface area contributed by atoms with E-state index in [2.05, 4.69) is 15.2 Å². The topological polar surface area (TPSA) is 48.5 Å². The van der Waals surface area contributed by atoms with Gasteiger partial charge in [-0.05, 0) is 31.5 Å². The Hall–Kier alpha value is -2.74. The fraction of sp³-hybridized carbons (Fsp3) is 0.250. The summed E-state index contributed by atoms with van der Waals surface area (Å²) in [5.41, 5.74) is 2.12. The molecule has 0 N–H and O–H groups in total. The highest BCUT2D eigenvalue weighted by Gasteiger charge is 2.24. The van der Waals surface area contributed by atoms with Crippen molar-refractivity contribution < 1.29 is 8.78 Å². The van der Waals surface area contributed by atoms with Crippen LogP contribution in [0.5, 0.6) is 0 Å². The van der Waals surface area contributed by atoms with Crippen LogP contribution in [0, 0.1) is 6.92 Å². The molecule has 8 heteroatoms. The maximum absolute atomic E-state index is 13.7. The highest BCUT2D eigenvalue weighted by molar-refractivity contribution is 7.99. The quantitative estimate of drug-likeness (QED) is 0.417.